The van der Waals surface area contributed by atoms with E-state index in [-0.39, 0.29) is 6.04 Å². The highest BCUT2D eigenvalue weighted by Gasteiger charge is 2.08. The van der Waals surface area contributed by atoms with E-state index < -0.39 is 0 Å². The van der Waals surface area contributed by atoms with Crippen molar-refractivity contribution < 1.29 is 0 Å². The standard InChI is InChI=1S/C13H13N3S2/c1-8(13-14-5-6-17-13)15-10-3-4-11-12(7-10)18-9(2)16-11/h3-8,15H,1-2H3. The van der Waals surface area contributed by atoms with Gasteiger partial charge in [-0.25, -0.2) is 9.97 Å². The fourth-order valence-corrected chi connectivity index (χ4v) is 3.40. The first-order valence-corrected chi connectivity index (χ1v) is 7.45. The molecule has 0 aliphatic carbocycles. The minimum absolute atomic E-state index is 0.233. The Morgan fingerprint density at radius 1 is 1.33 bits per heavy atom. The fraction of sp³-hybridized carbons (Fsp3) is 0.231. The minimum atomic E-state index is 0.233. The van der Waals surface area contributed by atoms with Crippen LogP contribution in [0.25, 0.3) is 10.2 Å². The number of fused-ring (bicyclic) bond motifs is 1. The van der Waals surface area contributed by atoms with Crippen molar-refractivity contribution in [2.24, 2.45) is 0 Å². The van der Waals surface area contributed by atoms with Crippen LogP contribution in [0.5, 0.6) is 0 Å². The second-order valence-electron chi connectivity index (χ2n) is 4.15. The molecule has 1 N–H and O–H groups in total. The molecule has 0 aliphatic heterocycles. The van der Waals surface area contributed by atoms with Gasteiger partial charge in [-0.05, 0) is 32.0 Å². The van der Waals surface area contributed by atoms with Crippen molar-refractivity contribution in [2.45, 2.75) is 19.9 Å². The Balaban J connectivity index is 1.86. The summed E-state index contributed by atoms with van der Waals surface area (Å²) in [7, 11) is 0. The number of aromatic nitrogens is 2. The second kappa shape index (κ2) is 4.66. The number of nitrogens with one attached hydrogen (secondary N) is 1. The Kier molecular flexibility index (Phi) is 3.01. The molecule has 3 nitrogen and oxygen atoms in total. The van der Waals surface area contributed by atoms with Crippen LogP contribution in [0.2, 0.25) is 0 Å². The number of benzene rings is 1. The van der Waals surface area contributed by atoms with Gasteiger partial charge < -0.3 is 5.32 Å². The lowest BCUT2D eigenvalue weighted by Gasteiger charge is -2.12. The van der Waals surface area contributed by atoms with E-state index in [1.807, 2.05) is 18.5 Å². The first kappa shape index (κ1) is 11.6. The number of nitrogens with zero attached hydrogens (tertiary/aromatic N) is 2. The van der Waals surface area contributed by atoms with Crippen molar-refractivity contribution in [3.63, 3.8) is 0 Å². The number of rotatable bonds is 3. The lowest BCUT2D eigenvalue weighted by Crippen LogP contribution is -2.05. The summed E-state index contributed by atoms with van der Waals surface area (Å²) in [6.07, 6.45) is 1.84. The van der Waals surface area contributed by atoms with Crippen molar-refractivity contribution in [1.29, 1.82) is 0 Å². The first-order chi connectivity index (χ1) is 8.72. The Labute approximate surface area is 114 Å². The van der Waals surface area contributed by atoms with Gasteiger partial charge in [-0.15, -0.1) is 22.7 Å². The summed E-state index contributed by atoms with van der Waals surface area (Å²) in [5, 5.41) is 7.69. The van der Waals surface area contributed by atoms with Gasteiger partial charge in [0.1, 0.15) is 5.01 Å². The van der Waals surface area contributed by atoms with E-state index in [0.717, 1.165) is 21.2 Å². The summed E-state index contributed by atoms with van der Waals surface area (Å²) in [4.78, 5) is 8.79. The van der Waals surface area contributed by atoms with Gasteiger partial charge in [0, 0.05) is 17.3 Å². The van der Waals surface area contributed by atoms with Crippen LogP contribution in [0.1, 0.15) is 23.0 Å². The summed E-state index contributed by atoms with van der Waals surface area (Å²) >= 11 is 3.40. The number of anilines is 1. The van der Waals surface area contributed by atoms with Crippen molar-refractivity contribution in [3.8, 4) is 0 Å². The van der Waals surface area contributed by atoms with Crippen LogP contribution in [0.3, 0.4) is 0 Å². The lowest BCUT2D eigenvalue weighted by atomic mass is 10.2. The van der Waals surface area contributed by atoms with Gasteiger partial charge in [-0.3, -0.25) is 0 Å². The maximum atomic E-state index is 4.46. The Morgan fingerprint density at radius 3 is 3.00 bits per heavy atom. The lowest BCUT2D eigenvalue weighted by molar-refractivity contribution is 0.870. The third-order valence-corrected chi connectivity index (χ3v) is 4.59. The molecule has 92 valence electrons. The van der Waals surface area contributed by atoms with Gasteiger partial charge in [0.15, 0.2) is 0 Å². The monoisotopic (exact) mass is 275 g/mol. The molecule has 0 saturated heterocycles. The minimum Gasteiger partial charge on any atom is -0.376 e. The van der Waals surface area contributed by atoms with E-state index in [1.54, 1.807) is 22.7 Å². The van der Waals surface area contributed by atoms with Gasteiger partial charge >= 0.3 is 0 Å². The van der Waals surface area contributed by atoms with Crippen molar-refractivity contribution in [1.82, 2.24) is 9.97 Å². The van der Waals surface area contributed by atoms with Crippen LogP contribution in [0.4, 0.5) is 5.69 Å². The average molecular weight is 275 g/mol. The summed E-state index contributed by atoms with van der Waals surface area (Å²) in [6.45, 7) is 4.16. The zero-order valence-electron chi connectivity index (χ0n) is 10.2. The van der Waals surface area contributed by atoms with Crippen LogP contribution < -0.4 is 5.32 Å². The highest BCUT2D eigenvalue weighted by atomic mass is 32.1. The summed E-state index contributed by atoms with van der Waals surface area (Å²) in [6, 6.07) is 6.53. The average Bonchev–Trinajstić information content (AvgIpc) is 2.95. The molecule has 0 bridgehead atoms. The number of thiazole rings is 2. The van der Waals surface area contributed by atoms with E-state index in [9.17, 15) is 0 Å². The van der Waals surface area contributed by atoms with Gasteiger partial charge in [-0.1, -0.05) is 0 Å². The van der Waals surface area contributed by atoms with E-state index >= 15 is 0 Å². The molecule has 2 aromatic heterocycles. The third kappa shape index (κ3) is 2.23. The quantitative estimate of drug-likeness (QED) is 0.777. The molecule has 0 amide bonds. The van der Waals surface area contributed by atoms with Gasteiger partial charge in [0.25, 0.3) is 0 Å². The van der Waals surface area contributed by atoms with Crippen LogP contribution in [-0.2, 0) is 0 Å². The molecule has 0 radical (unpaired) electrons. The van der Waals surface area contributed by atoms with Crippen molar-refractivity contribution >= 4 is 38.6 Å². The molecular formula is C13H13N3S2. The Hall–Kier alpha value is -1.46. The van der Waals surface area contributed by atoms with E-state index in [4.69, 9.17) is 0 Å². The number of hydrogen-bond acceptors (Lipinski definition) is 5. The van der Waals surface area contributed by atoms with Crippen LogP contribution in [-0.4, -0.2) is 9.97 Å². The summed E-state index contributed by atoms with van der Waals surface area (Å²) < 4.78 is 1.23. The zero-order chi connectivity index (χ0) is 12.5. The predicted molar refractivity (Wildman–Crippen MR) is 78.5 cm³/mol. The molecule has 0 fully saturated rings. The van der Waals surface area contributed by atoms with Crippen molar-refractivity contribution in [2.75, 3.05) is 5.32 Å². The maximum Gasteiger partial charge on any atom is 0.115 e. The van der Waals surface area contributed by atoms with Gasteiger partial charge in [0.2, 0.25) is 0 Å². The maximum absolute atomic E-state index is 4.46. The van der Waals surface area contributed by atoms with E-state index in [0.29, 0.717) is 0 Å². The molecular weight excluding hydrogens is 262 g/mol. The molecule has 3 rings (SSSR count). The molecule has 1 unspecified atom stereocenters. The zero-order valence-corrected chi connectivity index (χ0v) is 11.8. The predicted octanol–water partition coefficient (Wildman–Crippen LogP) is 4.23. The second-order valence-corrected chi connectivity index (χ2v) is 6.31. The third-order valence-electron chi connectivity index (χ3n) is 2.70. The fourth-order valence-electron chi connectivity index (χ4n) is 1.89. The molecule has 0 aliphatic rings. The molecule has 0 saturated carbocycles. The molecule has 18 heavy (non-hydrogen) atoms. The Bertz CT molecular complexity index is 658. The smallest absolute Gasteiger partial charge is 0.115 e. The topological polar surface area (TPSA) is 37.8 Å². The molecule has 5 heteroatoms. The Morgan fingerprint density at radius 2 is 2.22 bits per heavy atom. The van der Waals surface area contributed by atoms with Crippen molar-refractivity contribution in [3.05, 3.63) is 39.8 Å². The van der Waals surface area contributed by atoms with Crippen LogP contribution >= 0.6 is 22.7 Å². The molecule has 2 heterocycles. The molecule has 0 spiro atoms. The summed E-state index contributed by atoms with van der Waals surface area (Å²) in [5.74, 6) is 0. The number of hydrogen-bond donors (Lipinski definition) is 1. The van der Waals surface area contributed by atoms with E-state index in [1.165, 1.54) is 4.70 Å². The SMILES string of the molecule is Cc1nc2ccc(NC(C)c3nccs3)cc2s1. The summed E-state index contributed by atoms with van der Waals surface area (Å²) in [5.41, 5.74) is 2.19. The molecule has 1 atom stereocenters. The highest BCUT2D eigenvalue weighted by Crippen LogP contribution is 2.27. The number of aryl methyl sites for hydroxylation is 1. The molecule has 1 aromatic carbocycles. The van der Waals surface area contributed by atoms with Gasteiger partial charge in [-0.2, -0.15) is 0 Å². The largest absolute Gasteiger partial charge is 0.376 e. The van der Waals surface area contributed by atoms with Gasteiger partial charge in [0.05, 0.1) is 21.3 Å². The van der Waals surface area contributed by atoms with Crippen LogP contribution in [0.15, 0.2) is 29.8 Å². The first-order valence-electron chi connectivity index (χ1n) is 5.75. The molecule has 3 aromatic rings. The van der Waals surface area contributed by atoms with Crippen LogP contribution in [0, 0.1) is 6.92 Å². The normalized spacial score (nSPS) is 12.8. The van der Waals surface area contributed by atoms with E-state index in [2.05, 4.69) is 40.4 Å². The highest BCUT2D eigenvalue weighted by molar-refractivity contribution is 7.18.